The molecule has 0 aromatic carbocycles. The van der Waals surface area contributed by atoms with Crippen LogP contribution in [-0.4, -0.2) is 38.4 Å². The number of nitrogens with two attached hydrogens (primary N) is 1. The van der Waals surface area contributed by atoms with E-state index in [-0.39, 0.29) is 0 Å². The van der Waals surface area contributed by atoms with Gasteiger partial charge >= 0.3 is 5.97 Å². The summed E-state index contributed by atoms with van der Waals surface area (Å²) >= 11 is 0. The maximum Gasteiger partial charge on any atom is 0.324 e. The van der Waals surface area contributed by atoms with Crippen LogP contribution in [0.25, 0.3) is 0 Å². The van der Waals surface area contributed by atoms with Gasteiger partial charge in [0.25, 0.3) is 10.2 Å². The van der Waals surface area contributed by atoms with Crippen molar-refractivity contribution in [2.45, 2.75) is 18.9 Å². The summed E-state index contributed by atoms with van der Waals surface area (Å²) in [5.41, 5.74) is 0. The first kappa shape index (κ1) is 10.4. The van der Waals surface area contributed by atoms with Crippen LogP contribution in [0.4, 0.5) is 0 Å². The molecule has 0 radical (unpaired) electrons. The summed E-state index contributed by atoms with van der Waals surface area (Å²) < 4.78 is 27.4. The highest BCUT2D eigenvalue weighted by Crippen LogP contribution is 2.19. The van der Waals surface area contributed by atoms with E-state index in [1.165, 1.54) is 7.11 Å². The van der Waals surface area contributed by atoms with Gasteiger partial charge in [-0.25, -0.2) is 5.14 Å². The fourth-order valence-electron chi connectivity index (χ4n) is 1.42. The van der Waals surface area contributed by atoms with Gasteiger partial charge in [0.15, 0.2) is 0 Å². The molecule has 0 aliphatic carbocycles. The third kappa shape index (κ3) is 2.17. The van der Waals surface area contributed by atoms with Crippen LogP contribution in [0.3, 0.4) is 0 Å². The van der Waals surface area contributed by atoms with Crippen LogP contribution in [0.2, 0.25) is 0 Å². The number of ether oxygens (including phenoxy) is 1. The first-order chi connectivity index (χ1) is 5.96. The third-order valence-electron chi connectivity index (χ3n) is 2.00. The number of carbonyl (C=O) groups is 1. The van der Waals surface area contributed by atoms with Crippen molar-refractivity contribution in [3.05, 3.63) is 0 Å². The van der Waals surface area contributed by atoms with E-state index in [2.05, 4.69) is 4.74 Å². The summed E-state index contributed by atoms with van der Waals surface area (Å²) in [6.45, 7) is 0.290. The van der Waals surface area contributed by atoms with E-state index in [1.54, 1.807) is 0 Å². The Morgan fingerprint density at radius 3 is 2.69 bits per heavy atom. The number of methoxy groups -OCH3 is 1. The molecule has 0 aromatic heterocycles. The predicted molar refractivity (Wildman–Crippen MR) is 44.9 cm³/mol. The molecule has 0 unspecified atom stereocenters. The SMILES string of the molecule is COC(=O)[C@@H]1CCCN1S(N)(=O)=O. The lowest BCUT2D eigenvalue weighted by molar-refractivity contribution is -0.144. The zero-order valence-corrected chi connectivity index (χ0v) is 8.08. The number of esters is 1. The minimum absolute atomic E-state index is 0.290. The molecule has 6 nitrogen and oxygen atoms in total. The highest BCUT2D eigenvalue weighted by Gasteiger charge is 2.37. The molecule has 1 atom stereocenters. The summed E-state index contributed by atoms with van der Waals surface area (Å²) in [6.07, 6.45) is 1.11. The third-order valence-corrected chi connectivity index (χ3v) is 3.09. The second-order valence-corrected chi connectivity index (χ2v) is 4.34. The van der Waals surface area contributed by atoms with E-state index in [0.717, 1.165) is 4.31 Å². The van der Waals surface area contributed by atoms with Gasteiger partial charge in [-0.1, -0.05) is 0 Å². The van der Waals surface area contributed by atoms with Gasteiger partial charge in [0, 0.05) is 6.54 Å². The lowest BCUT2D eigenvalue weighted by atomic mass is 10.2. The highest BCUT2D eigenvalue weighted by atomic mass is 32.2. The van der Waals surface area contributed by atoms with Crippen molar-refractivity contribution in [3.63, 3.8) is 0 Å². The molecule has 0 bridgehead atoms. The molecule has 0 saturated carbocycles. The van der Waals surface area contributed by atoms with Gasteiger partial charge < -0.3 is 4.74 Å². The van der Waals surface area contributed by atoms with Crippen molar-refractivity contribution in [1.82, 2.24) is 4.31 Å². The first-order valence-corrected chi connectivity index (χ1v) is 5.34. The van der Waals surface area contributed by atoms with Crippen molar-refractivity contribution in [3.8, 4) is 0 Å². The summed E-state index contributed by atoms with van der Waals surface area (Å²) in [6, 6.07) is -0.736. The summed E-state index contributed by atoms with van der Waals surface area (Å²) in [5, 5.41) is 4.91. The Hall–Kier alpha value is -0.660. The predicted octanol–water partition coefficient (Wildman–Crippen LogP) is -1.17. The van der Waals surface area contributed by atoms with Crippen LogP contribution < -0.4 is 5.14 Å². The zero-order chi connectivity index (χ0) is 10.1. The fraction of sp³-hybridized carbons (Fsp3) is 0.833. The van der Waals surface area contributed by atoms with Gasteiger partial charge in [0.05, 0.1) is 7.11 Å². The first-order valence-electron chi connectivity index (χ1n) is 3.84. The quantitative estimate of drug-likeness (QED) is 0.579. The number of hydrogen-bond donors (Lipinski definition) is 1. The number of rotatable bonds is 2. The van der Waals surface area contributed by atoms with Crippen molar-refractivity contribution in [2.24, 2.45) is 5.14 Å². The van der Waals surface area contributed by atoms with E-state index < -0.39 is 22.2 Å². The van der Waals surface area contributed by atoms with Crippen LogP contribution in [0.15, 0.2) is 0 Å². The molecule has 1 rings (SSSR count). The van der Waals surface area contributed by atoms with Crippen LogP contribution >= 0.6 is 0 Å². The molecule has 76 valence electrons. The standard InChI is InChI=1S/C6H12N2O4S/c1-12-6(9)5-3-2-4-8(5)13(7,10)11/h5H,2-4H2,1H3,(H2,7,10,11)/t5-/m0/s1. The Kier molecular flexibility index (Phi) is 2.89. The van der Waals surface area contributed by atoms with Crippen molar-refractivity contribution < 1.29 is 17.9 Å². The molecule has 1 aliphatic heterocycles. The molecule has 0 spiro atoms. The topological polar surface area (TPSA) is 89.7 Å². The molecule has 1 heterocycles. The fourth-order valence-corrected chi connectivity index (χ4v) is 2.35. The molecule has 0 aromatic rings. The monoisotopic (exact) mass is 208 g/mol. The minimum Gasteiger partial charge on any atom is -0.468 e. The molecule has 1 fully saturated rings. The van der Waals surface area contributed by atoms with Crippen molar-refractivity contribution >= 4 is 16.2 Å². The molecular formula is C6H12N2O4S. The number of carbonyl (C=O) groups excluding carboxylic acids is 1. The highest BCUT2D eigenvalue weighted by molar-refractivity contribution is 7.86. The van der Waals surface area contributed by atoms with Gasteiger partial charge in [-0.05, 0) is 12.8 Å². The molecule has 1 saturated heterocycles. The maximum atomic E-state index is 11.1. The van der Waals surface area contributed by atoms with Crippen LogP contribution in [-0.2, 0) is 19.7 Å². The second kappa shape index (κ2) is 3.60. The largest absolute Gasteiger partial charge is 0.468 e. The minimum atomic E-state index is -3.77. The lowest BCUT2D eigenvalue weighted by Crippen LogP contribution is -2.44. The Morgan fingerprint density at radius 2 is 2.23 bits per heavy atom. The van der Waals surface area contributed by atoms with E-state index in [4.69, 9.17) is 5.14 Å². The second-order valence-electron chi connectivity index (χ2n) is 2.84. The van der Waals surface area contributed by atoms with Crippen LogP contribution in [0.1, 0.15) is 12.8 Å². The Bertz CT molecular complexity index is 300. The average molecular weight is 208 g/mol. The summed E-state index contributed by atoms with van der Waals surface area (Å²) in [7, 11) is -2.55. The van der Waals surface area contributed by atoms with E-state index in [0.29, 0.717) is 19.4 Å². The zero-order valence-electron chi connectivity index (χ0n) is 7.26. The molecule has 0 amide bonds. The lowest BCUT2D eigenvalue weighted by Gasteiger charge is -2.18. The summed E-state index contributed by atoms with van der Waals surface area (Å²) in [4.78, 5) is 11.1. The molecule has 1 aliphatic rings. The molecule has 2 N–H and O–H groups in total. The molecule has 7 heteroatoms. The Balaban J connectivity index is 2.82. The van der Waals surface area contributed by atoms with Gasteiger partial charge in [-0.3, -0.25) is 4.79 Å². The van der Waals surface area contributed by atoms with Crippen LogP contribution in [0, 0.1) is 0 Å². The van der Waals surface area contributed by atoms with E-state index >= 15 is 0 Å². The van der Waals surface area contributed by atoms with Crippen LogP contribution in [0.5, 0.6) is 0 Å². The van der Waals surface area contributed by atoms with Crippen molar-refractivity contribution in [1.29, 1.82) is 0 Å². The van der Waals surface area contributed by atoms with Gasteiger partial charge in [0.1, 0.15) is 6.04 Å². The van der Waals surface area contributed by atoms with E-state index in [9.17, 15) is 13.2 Å². The average Bonchev–Trinajstić information content (AvgIpc) is 2.49. The smallest absolute Gasteiger partial charge is 0.324 e. The number of nitrogens with zero attached hydrogens (tertiary/aromatic N) is 1. The van der Waals surface area contributed by atoms with Gasteiger partial charge in [0.2, 0.25) is 0 Å². The molecule has 13 heavy (non-hydrogen) atoms. The van der Waals surface area contributed by atoms with E-state index in [1.807, 2.05) is 0 Å². The maximum absolute atomic E-state index is 11.1. The van der Waals surface area contributed by atoms with Gasteiger partial charge in [-0.15, -0.1) is 0 Å². The Labute approximate surface area is 76.8 Å². The van der Waals surface area contributed by atoms with Crippen molar-refractivity contribution in [2.75, 3.05) is 13.7 Å². The molecular weight excluding hydrogens is 196 g/mol. The van der Waals surface area contributed by atoms with Gasteiger partial charge in [-0.2, -0.15) is 12.7 Å². The summed E-state index contributed by atoms with van der Waals surface area (Å²) in [5.74, 6) is -0.550. The Morgan fingerprint density at radius 1 is 1.62 bits per heavy atom. The normalized spacial score (nSPS) is 24.6. The number of hydrogen-bond acceptors (Lipinski definition) is 4.